The molecule has 0 bridgehead atoms. The lowest BCUT2D eigenvalue weighted by molar-refractivity contribution is -0.605. The third-order valence-electron chi connectivity index (χ3n) is 5.80. The summed E-state index contributed by atoms with van der Waals surface area (Å²) < 4.78 is 61.4. The zero-order valence-electron chi connectivity index (χ0n) is 18.1. The zero-order chi connectivity index (χ0) is 24.5. The molecule has 2 atom stereocenters. The average molecular weight is 479 g/mol. The van der Waals surface area contributed by atoms with Crippen molar-refractivity contribution < 1.29 is 31.6 Å². The average Bonchev–Trinajstić information content (AvgIpc) is 3.19. The van der Waals surface area contributed by atoms with Crippen molar-refractivity contribution >= 4 is 11.9 Å². The maximum absolute atomic E-state index is 14.6. The molecule has 0 aliphatic carbocycles. The van der Waals surface area contributed by atoms with E-state index in [9.17, 15) is 27.6 Å². The first kappa shape index (κ1) is 23.6. The molecule has 0 spiro atoms. The second-order valence-electron chi connectivity index (χ2n) is 8.19. The number of nitrogens with zero attached hydrogens (tertiary/aromatic N) is 4. The highest BCUT2D eigenvalue weighted by atomic mass is 19.3. The number of nitrogens with one attached hydrogen (secondary N) is 1. The number of pyridine rings is 1. The number of anilines is 1. The van der Waals surface area contributed by atoms with E-state index in [1.807, 2.05) is 0 Å². The molecule has 3 aromatic rings. The number of aromatic nitrogens is 3. The molecule has 8 nitrogen and oxygen atoms in total. The fourth-order valence-electron chi connectivity index (χ4n) is 3.93. The van der Waals surface area contributed by atoms with E-state index in [1.54, 1.807) is 11.8 Å². The Morgan fingerprint density at radius 3 is 2.65 bits per heavy atom. The highest BCUT2D eigenvalue weighted by Crippen LogP contribution is 2.40. The Labute approximate surface area is 191 Å². The Morgan fingerprint density at radius 1 is 1.29 bits per heavy atom. The normalized spacial score (nSPS) is 19.0. The van der Waals surface area contributed by atoms with Crippen LogP contribution in [0, 0.1) is 16.8 Å². The predicted molar refractivity (Wildman–Crippen MR) is 111 cm³/mol. The molecular weight excluding hydrogens is 458 g/mol. The molecule has 1 aliphatic rings. The van der Waals surface area contributed by atoms with Gasteiger partial charge in [0.15, 0.2) is 18.2 Å². The van der Waals surface area contributed by atoms with Crippen LogP contribution in [0.3, 0.4) is 0 Å². The minimum atomic E-state index is -2.99. The van der Waals surface area contributed by atoms with Gasteiger partial charge in [-0.25, -0.2) is 17.6 Å². The van der Waals surface area contributed by atoms with Crippen molar-refractivity contribution in [2.75, 3.05) is 18.4 Å². The van der Waals surface area contributed by atoms with Gasteiger partial charge in [0.05, 0.1) is 12.0 Å². The van der Waals surface area contributed by atoms with Crippen LogP contribution >= 0.6 is 0 Å². The fraction of sp³-hybridized carbons (Fsp3) is 0.364. The maximum atomic E-state index is 14.6. The summed E-state index contributed by atoms with van der Waals surface area (Å²) in [7, 11) is 0. The zero-order valence-corrected chi connectivity index (χ0v) is 18.1. The molecule has 0 saturated carbocycles. The minimum Gasteiger partial charge on any atom is -0.619 e. The Hall–Kier alpha value is -3.54. The third-order valence-corrected chi connectivity index (χ3v) is 5.80. The number of carbonyl (C=O) groups excluding carboxylic acids is 1. The van der Waals surface area contributed by atoms with Crippen molar-refractivity contribution in [3.05, 3.63) is 76.5 Å². The minimum absolute atomic E-state index is 0.00725. The summed E-state index contributed by atoms with van der Waals surface area (Å²) in [6.45, 7) is 1.47. The number of alkyl halides is 2. The van der Waals surface area contributed by atoms with Crippen molar-refractivity contribution in [2.45, 2.75) is 37.6 Å². The van der Waals surface area contributed by atoms with Crippen molar-refractivity contribution in [2.24, 2.45) is 0 Å². The molecule has 1 amide bonds. The monoisotopic (exact) mass is 479 g/mol. The summed E-state index contributed by atoms with van der Waals surface area (Å²) in [5.41, 5.74) is 0.595. The van der Waals surface area contributed by atoms with Crippen molar-refractivity contribution in [1.82, 2.24) is 15.0 Å². The Bertz CT molecular complexity index is 1150. The maximum Gasteiger partial charge on any atom is 0.328 e. The molecule has 1 aliphatic heterocycles. The van der Waals surface area contributed by atoms with Gasteiger partial charge in [0.25, 0.3) is 5.92 Å². The van der Waals surface area contributed by atoms with Crippen LogP contribution in [0.2, 0.25) is 0 Å². The predicted octanol–water partition coefficient (Wildman–Crippen LogP) is 3.02. The van der Waals surface area contributed by atoms with E-state index < -0.39 is 41.8 Å². The van der Waals surface area contributed by atoms with E-state index in [0.717, 1.165) is 30.6 Å². The van der Waals surface area contributed by atoms with Crippen LogP contribution in [0.5, 0.6) is 0 Å². The van der Waals surface area contributed by atoms with E-state index in [1.165, 1.54) is 12.1 Å². The number of benzene rings is 1. The standard InChI is InChI=1S/C22H21F4N5O3/c1-13(30-7-4-22(25,26)18(12-30)15-2-5-31(33)6-3-15)20(32)28-21-27-19(29-34-21)10-14-8-16(23)11-17(24)9-14/h2-3,5-6,8-9,11,13,18H,4,7,10,12H2,1H3,(H,27,28,29,32)/t13?,18-/m1/s1. The molecule has 1 unspecified atom stereocenters. The van der Waals surface area contributed by atoms with E-state index in [4.69, 9.17) is 4.52 Å². The van der Waals surface area contributed by atoms with Gasteiger partial charge in [-0.3, -0.25) is 15.0 Å². The highest BCUT2D eigenvalue weighted by Gasteiger charge is 2.46. The van der Waals surface area contributed by atoms with Crippen LogP contribution in [-0.4, -0.2) is 46.0 Å². The Kier molecular flexibility index (Phi) is 6.51. The lowest BCUT2D eigenvalue weighted by Crippen LogP contribution is -2.52. The SMILES string of the molecule is CC(C(=O)Nc1nc(Cc2cc(F)cc(F)c2)no1)N1CCC(F)(F)[C@@H](c2cc[n+]([O-])cc2)C1. The summed E-state index contributed by atoms with van der Waals surface area (Å²) >= 11 is 0. The lowest BCUT2D eigenvalue weighted by atomic mass is 9.87. The molecule has 1 saturated heterocycles. The molecule has 1 fully saturated rings. The molecule has 4 rings (SSSR count). The smallest absolute Gasteiger partial charge is 0.328 e. The number of piperidine rings is 1. The fourth-order valence-corrected chi connectivity index (χ4v) is 3.93. The van der Waals surface area contributed by atoms with Gasteiger partial charge < -0.3 is 9.73 Å². The van der Waals surface area contributed by atoms with Gasteiger partial charge in [-0.1, -0.05) is 5.16 Å². The van der Waals surface area contributed by atoms with Crippen LogP contribution in [-0.2, 0) is 11.2 Å². The number of carbonyl (C=O) groups is 1. The Morgan fingerprint density at radius 2 is 1.97 bits per heavy atom. The molecule has 3 heterocycles. The lowest BCUT2D eigenvalue weighted by Gasteiger charge is -2.40. The van der Waals surface area contributed by atoms with Crippen molar-refractivity contribution in [3.8, 4) is 0 Å². The van der Waals surface area contributed by atoms with E-state index in [2.05, 4.69) is 15.5 Å². The Balaban J connectivity index is 1.40. The van der Waals surface area contributed by atoms with Crippen LogP contribution < -0.4 is 10.0 Å². The number of hydrogen-bond acceptors (Lipinski definition) is 6. The van der Waals surface area contributed by atoms with Crippen molar-refractivity contribution in [3.63, 3.8) is 0 Å². The summed E-state index contributed by atoms with van der Waals surface area (Å²) in [5.74, 6) is -6.09. The van der Waals surface area contributed by atoms with Crippen LogP contribution in [0.25, 0.3) is 0 Å². The summed E-state index contributed by atoms with van der Waals surface area (Å²) in [6.07, 6.45) is 1.85. The number of amides is 1. The summed E-state index contributed by atoms with van der Waals surface area (Å²) in [5, 5.41) is 17.4. The third kappa shape index (κ3) is 5.33. The van der Waals surface area contributed by atoms with E-state index >= 15 is 0 Å². The van der Waals surface area contributed by atoms with Gasteiger partial charge in [-0.2, -0.15) is 9.71 Å². The summed E-state index contributed by atoms with van der Waals surface area (Å²) in [4.78, 5) is 18.3. The quantitative estimate of drug-likeness (QED) is 0.332. The van der Waals surface area contributed by atoms with Gasteiger partial charge >= 0.3 is 6.01 Å². The topological polar surface area (TPSA) is 98.2 Å². The second kappa shape index (κ2) is 9.37. The van der Waals surface area contributed by atoms with Gasteiger partial charge in [0.1, 0.15) is 11.6 Å². The molecule has 2 aromatic heterocycles. The largest absolute Gasteiger partial charge is 0.619 e. The molecular formula is C22H21F4N5O3. The molecule has 1 N–H and O–H groups in total. The number of likely N-dealkylation sites (tertiary alicyclic amines) is 1. The molecule has 0 radical (unpaired) electrons. The molecule has 1 aromatic carbocycles. The van der Waals surface area contributed by atoms with E-state index in [-0.39, 0.29) is 36.9 Å². The van der Waals surface area contributed by atoms with Crippen LogP contribution in [0.1, 0.15) is 36.2 Å². The summed E-state index contributed by atoms with van der Waals surface area (Å²) in [6, 6.07) is 4.70. The first-order valence-electron chi connectivity index (χ1n) is 10.5. The first-order valence-corrected chi connectivity index (χ1v) is 10.5. The van der Waals surface area contributed by atoms with Gasteiger partial charge in [-0.15, -0.1) is 0 Å². The number of rotatable bonds is 6. The molecule has 180 valence electrons. The van der Waals surface area contributed by atoms with Crippen LogP contribution in [0.4, 0.5) is 23.6 Å². The van der Waals surface area contributed by atoms with Crippen molar-refractivity contribution in [1.29, 1.82) is 0 Å². The van der Waals surface area contributed by atoms with Gasteiger partial charge in [0.2, 0.25) is 5.91 Å². The second-order valence-corrected chi connectivity index (χ2v) is 8.19. The van der Waals surface area contributed by atoms with Gasteiger partial charge in [0, 0.05) is 44.1 Å². The molecule has 34 heavy (non-hydrogen) atoms. The first-order chi connectivity index (χ1) is 16.1. The number of halogens is 4. The van der Waals surface area contributed by atoms with E-state index in [0.29, 0.717) is 10.3 Å². The molecule has 12 heteroatoms. The van der Waals surface area contributed by atoms with Crippen LogP contribution in [0.15, 0.2) is 47.2 Å². The highest BCUT2D eigenvalue weighted by molar-refractivity contribution is 5.92. The van der Waals surface area contributed by atoms with Gasteiger partial charge in [-0.05, 0) is 30.2 Å². The number of hydrogen-bond donors (Lipinski definition) is 1.